The molecule has 1 unspecified atom stereocenters. The van der Waals surface area contributed by atoms with E-state index >= 15 is 0 Å². The summed E-state index contributed by atoms with van der Waals surface area (Å²) in [6, 6.07) is 7.85. The molecule has 2 fully saturated rings. The average molecular weight is 328 g/mol. The van der Waals surface area contributed by atoms with Gasteiger partial charge in [0, 0.05) is 18.2 Å². The topological polar surface area (TPSA) is 58.6 Å². The molecule has 2 amide bonds. The van der Waals surface area contributed by atoms with E-state index in [1.807, 2.05) is 29.2 Å². The minimum Gasteiger partial charge on any atom is -0.449 e. The van der Waals surface area contributed by atoms with Crippen molar-refractivity contribution >= 4 is 12.0 Å². The van der Waals surface area contributed by atoms with Crippen LogP contribution in [0.4, 0.5) is 4.79 Å². The maximum absolute atomic E-state index is 12.7. The van der Waals surface area contributed by atoms with Crippen molar-refractivity contribution in [3.8, 4) is 0 Å². The SMILES string of the molecule is O=C1OC2(CCCN(C(=O)NC3CCCCC3)C2)c2ccccc21. The molecule has 1 N–H and O–H groups in total. The molecule has 1 aromatic carbocycles. The van der Waals surface area contributed by atoms with E-state index in [4.69, 9.17) is 4.74 Å². The smallest absolute Gasteiger partial charge is 0.339 e. The summed E-state index contributed by atoms with van der Waals surface area (Å²) in [5.74, 6) is -0.264. The van der Waals surface area contributed by atoms with Crippen LogP contribution in [0.1, 0.15) is 60.9 Å². The third kappa shape index (κ3) is 2.66. The molecule has 0 bridgehead atoms. The summed E-state index contributed by atoms with van der Waals surface area (Å²) in [6.45, 7) is 1.17. The van der Waals surface area contributed by atoms with Crippen molar-refractivity contribution in [2.75, 3.05) is 13.1 Å². The van der Waals surface area contributed by atoms with Gasteiger partial charge in [-0.2, -0.15) is 0 Å². The average Bonchev–Trinajstić information content (AvgIpc) is 2.88. The molecule has 128 valence electrons. The fraction of sp³-hybridized carbons (Fsp3) is 0.579. The first-order valence-electron chi connectivity index (χ1n) is 9.06. The quantitative estimate of drug-likeness (QED) is 0.806. The van der Waals surface area contributed by atoms with E-state index < -0.39 is 5.60 Å². The molecule has 1 aliphatic carbocycles. The number of urea groups is 1. The summed E-state index contributed by atoms with van der Waals surface area (Å²) >= 11 is 0. The van der Waals surface area contributed by atoms with Gasteiger partial charge in [-0.3, -0.25) is 0 Å². The number of hydrogen-bond acceptors (Lipinski definition) is 3. The number of piperidine rings is 1. The van der Waals surface area contributed by atoms with Gasteiger partial charge < -0.3 is 15.0 Å². The Morgan fingerprint density at radius 2 is 1.96 bits per heavy atom. The van der Waals surface area contributed by atoms with Crippen LogP contribution in [0.15, 0.2) is 24.3 Å². The van der Waals surface area contributed by atoms with Crippen molar-refractivity contribution in [1.82, 2.24) is 10.2 Å². The number of ether oxygens (including phenoxy) is 1. The molecule has 4 rings (SSSR count). The molecule has 1 spiro atoms. The predicted molar refractivity (Wildman–Crippen MR) is 89.7 cm³/mol. The molecular weight excluding hydrogens is 304 g/mol. The Bertz CT molecular complexity index is 654. The molecule has 0 aromatic heterocycles. The van der Waals surface area contributed by atoms with Gasteiger partial charge >= 0.3 is 12.0 Å². The number of nitrogens with zero attached hydrogens (tertiary/aromatic N) is 1. The number of carbonyl (C=O) groups is 2. The number of carbonyl (C=O) groups excluding carboxylic acids is 2. The lowest BCUT2D eigenvalue weighted by molar-refractivity contribution is -0.0412. The van der Waals surface area contributed by atoms with E-state index in [1.54, 1.807) is 0 Å². The van der Waals surface area contributed by atoms with E-state index in [0.717, 1.165) is 37.8 Å². The maximum Gasteiger partial charge on any atom is 0.339 e. The minimum absolute atomic E-state index is 0.0126. The molecule has 1 saturated heterocycles. The van der Waals surface area contributed by atoms with E-state index in [9.17, 15) is 9.59 Å². The van der Waals surface area contributed by atoms with Crippen LogP contribution in [0.3, 0.4) is 0 Å². The molecule has 2 aliphatic heterocycles. The summed E-state index contributed by atoms with van der Waals surface area (Å²) in [6.07, 6.45) is 7.43. The molecule has 1 saturated carbocycles. The van der Waals surface area contributed by atoms with Gasteiger partial charge in [-0.25, -0.2) is 9.59 Å². The Morgan fingerprint density at radius 1 is 1.17 bits per heavy atom. The molecular formula is C19H24N2O3. The highest BCUT2D eigenvalue weighted by Crippen LogP contribution is 2.42. The fourth-order valence-electron chi connectivity index (χ4n) is 4.36. The summed E-state index contributed by atoms with van der Waals surface area (Å²) in [5, 5.41) is 3.18. The Hall–Kier alpha value is -2.04. The monoisotopic (exact) mass is 328 g/mol. The van der Waals surface area contributed by atoms with Crippen LogP contribution in [-0.2, 0) is 10.3 Å². The Balaban J connectivity index is 1.50. The van der Waals surface area contributed by atoms with Crippen molar-refractivity contribution in [3.05, 3.63) is 35.4 Å². The lowest BCUT2D eigenvalue weighted by Crippen LogP contribution is -2.53. The number of fused-ring (bicyclic) bond motifs is 2. The van der Waals surface area contributed by atoms with Gasteiger partial charge in [-0.05, 0) is 31.7 Å². The van der Waals surface area contributed by atoms with Crippen LogP contribution in [0.5, 0.6) is 0 Å². The zero-order valence-electron chi connectivity index (χ0n) is 13.9. The highest BCUT2D eigenvalue weighted by Gasteiger charge is 2.48. The second kappa shape index (κ2) is 6.11. The van der Waals surface area contributed by atoms with Crippen LogP contribution in [0.25, 0.3) is 0 Å². The van der Waals surface area contributed by atoms with E-state index in [0.29, 0.717) is 18.2 Å². The molecule has 3 aliphatic rings. The molecule has 0 radical (unpaired) electrons. The van der Waals surface area contributed by atoms with Crippen LogP contribution >= 0.6 is 0 Å². The van der Waals surface area contributed by atoms with Gasteiger partial charge in [0.05, 0.1) is 12.1 Å². The van der Waals surface area contributed by atoms with Crippen LogP contribution < -0.4 is 5.32 Å². The molecule has 5 heteroatoms. The largest absolute Gasteiger partial charge is 0.449 e. The van der Waals surface area contributed by atoms with Gasteiger partial charge in [0.15, 0.2) is 5.60 Å². The molecule has 24 heavy (non-hydrogen) atoms. The van der Waals surface area contributed by atoms with Crippen molar-refractivity contribution < 1.29 is 14.3 Å². The number of likely N-dealkylation sites (tertiary alicyclic amines) is 1. The number of amides is 2. The Morgan fingerprint density at radius 3 is 2.79 bits per heavy atom. The number of rotatable bonds is 1. The second-order valence-electron chi connectivity index (χ2n) is 7.24. The Kier molecular flexibility index (Phi) is 3.94. The first kappa shape index (κ1) is 15.5. The third-order valence-electron chi connectivity index (χ3n) is 5.60. The maximum atomic E-state index is 12.7. The number of esters is 1. The summed E-state index contributed by atoms with van der Waals surface area (Å²) < 4.78 is 5.77. The first-order valence-corrected chi connectivity index (χ1v) is 9.06. The standard InChI is InChI=1S/C19H24N2O3/c22-17-15-9-4-5-10-16(15)19(24-17)11-6-12-21(13-19)18(23)20-14-7-2-1-3-8-14/h4-5,9-10,14H,1-3,6-8,11-13H2,(H,20,23). The van der Waals surface area contributed by atoms with Crippen molar-refractivity contribution in [2.24, 2.45) is 0 Å². The first-order chi connectivity index (χ1) is 11.7. The highest BCUT2D eigenvalue weighted by molar-refractivity contribution is 5.95. The Labute approximate surface area is 142 Å². The second-order valence-corrected chi connectivity index (χ2v) is 7.24. The lowest BCUT2D eigenvalue weighted by atomic mass is 9.85. The number of hydrogen-bond donors (Lipinski definition) is 1. The zero-order chi connectivity index (χ0) is 16.6. The molecule has 1 aromatic rings. The van der Waals surface area contributed by atoms with Crippen molar-refractivity contribution in [2.45, 2.75) is 56.6 Å². The minimum atomic E-state index is -0.657. The van der Waals surface area contributed by atoms with Gasteiger partial charge in [-0.15, -0.1) is 0 Å². The van der Waals surface area contributed by atoms with Gasteiger partial charge in [-0.1, -0.05) is 37.5 Å². The van der Waals surface area contributed by atoms with Crippen molar-refractivity contribution in [1.29, 1.82) is 0 Å². The lowest BCUT2D eigenvalue weighted by Gasteiger charge is -2.40. The summed E-state index contributed by atoms with van der Waals surface area (Å²) in [4.78, 5) is 26.7. The summed E-state index contributed by atoms with van der Waals surface area (Å²) in [5.41, 5.74) is 0.924. The van der Waals surface area contributed by atoms with Crippen LogP contribution in [0, 0.1) is 0 Å². The molecule has 5 nitrogen and oxygen atoms in total. The van der Waals surface area contributed by atoms with E-state index in [1.165, 1.54) is 19.3 Å². The summed E-state index contributed by atoms with van der Waals surface area (Å²) in [7, 11) is 0. The predicted octanol–water partition coefficient (Wildman–Crippen LogP) is 3.19. The van der Waals surface area contributed by atoms with Crippen LogP contribution in [-0.4, -0.2) is 36.0 Å². The third-order valence-corrected chi connectivity index (χ3v) is 5.60. The number of benzene rings is 1. The van der Waals surface area contributed by atoms with Crippen molar-refractivity contribution in [3.63, 3.8) is 0 Å². The van der Waals surface area contributed by atoms with Gasteiger partial charge in [0.25, 0.3) is 0 Å². The van der Waals surface area contributed by atoms with Gasteiger partial charge in [0.2, 0.25) is 0 Å². The molecule has 2 heterocycles. The molecule has 1 atom stereocenters. The van der Waals surface area contributed by atoms with E-state index in [2.05, 4.69) is 5.32 Å². The van der Waals surface area contributed by atoms with Crippen LogP contribution in [0.2, 0.25) is 0 Å². The van der Waals surface area contributed by atoms with Gasteiger partial charge in [0.1, 0.15) is 0 Å². The number of nitrogens with one attached hydrogen (secondary N) is 1. The highest BCUT2D eigenvalue weighted by atomic mass is 16.6. The normalized spacial score (nSPS) is 27.0. The van der Waals surface area contributed by atoms with E-state index in [-0.39, 0.29) is 12.0 Å². The zero-order valence-corrected chi connectivity index (χ0v) is 13.9. The fourth-order valence-corrected chi connectivity index (χ4v) is 4.36.